The number of rotatable bonds is 4. The lowest BCUT2D eigenvalue weighted by molar-refractivity contribution is 0.229. The molecule has 0 spiro atoms. The summed E-state index contributed by atoms with van der Waals surface area (Å²) in [4.78, 5) is 8.56. The van der Waals surface area contributed by atoms with Crippen LogP contribution in [-0.4, -0.2) is 21.7 Å². The third-order valence-electron chi connectivity index (χ3n) is 3.40. The molecule has 0 amide bonds. The lowest BCUT2D eigenvalue weighted by Crippen LogP contribution is -2.44. The average Bonchev–Trinajstić information content (AvgIpc) is 2.87. The van der Waals surface area contributed by atoms with Crippen molar-refractivity contribution in [1.29, 1.82) is 0 Å². The van der Waals surface area contributed by atoms with Crippen molar-refractivity contribution < 1.29 is 9.26 Å². The van der Waals surface area contributed by atoms with Crippen molar-refractivity contribution in [3.63, 3.8) is 0 Å². The SMILES string of the molecule is CCOc1ncccc1-c1nc(C2(N)CCC2)no1. The number of ether oxygens (including phenoxy) is 1. The van der Waals surface area contributed by atoms with Gasteiger partial charge < -0.3 is 15.0 Å². The molecule has 2 aromatic heterocycles. The first kappa shape index (κ1) is 12.1. The predicted octanol–water partition coefficient (Wildman–Crippen LogP) is 1.87. The maximum absolute atomic E-state index is 6.18. The monoisotopic (exact) mass is 260 g/mol. The Hall–Kier alpha value is -1.95. The van der Waals surface area contributed by atoms with E-state index in [2.05, 4.69) is 15.1 Å². The summed E-state index contributed by atoms with van der Waals surface area (Å²) >= 11 is 0. The minimum atomic E-state index is -0.421. The third kappa shape index (κ3) is 2.08. The van der Waals surface area contributed by atoms with Crippen LogP contribution in [0.25, 0.3) is 11.5 Å². The standard InChI is InChI=1S/C13H16N4O2/c1-2-18-10-9(5-3-8-15-10)11-16-12(17-19-11)13(14)6-4-7-13/h3,5,8H,2,4,6-7,14H2,1H3. The van der Waals surface area contributed by atoms with E-state index in [1.165, 1.54) is 0 Å². The fourth-order valence-electron chi connectivity index (χ4n) is 2.12. The van der Waals surface area contributed by atoms with Crippen molar-refractivity contribution in [2.45, 2.75) is 31.7 Å². The Kier molecular flexibility index (Phi) is 2.94. The average molecular weight is 260 g/mol. The van der Waals surface area contributed by atoms with Crippen LogP contribution >= 0.6 is 0 Å². The van der Waals surface area contributed by atoms with Crippen LogP contribution in [0.3, 0.4) is 0 Å². The summed E-state index contributed by atoms with van der Waals surface area (Å²) in [6, 6.07) is 3.66. The van der Waals surface area contributed by atoms with Crippen LogP contribution in [0.2, 0.25) is 0 Å². The van der Waals surface area contributed by atoms with Gasteiger partial charge in [-0.25, -0.2) is 4.98 Å². The van der Waals surface area contributed by atoms with Crippen LogP contribution in [-0.2, 0) is 5.54 Å². The normalized spacial score (nSPS) is 16.9. The molecule has 3 rings (SSSR count). The summed E-state index contributed by atoms with van der Waals surface area (Å²) in [6.07, 6.45) is 4.58. The molecule has 2 N–H and O–H groups in total. The minimum Gasteiger partial charge on any atom is -0.477 e. The van der Waals surface area contributed by atoms with Gasteiger partial charge >= 0.3 is 0 Å². The van der Waals surface area contributed by atoms with Gasteiger partial charge in [0.1, 0.15) is 5.56 Å². The summed E-state index contributed by atoms with van der Waals surface area (Å²) in [5, 5.41) is 3.99. The highest BCUT2D eigenvalue weighted by molar-refractivity contribution is 5.59. The number of nitrogens with zero attached hydrogens (tertiary/aromatic N) is 3. The van der Waals surface area contributed by atoms with E-state index < -0.39 is 5.54 Å². The predicted molar refractivity (Wildman–Crippen MR) is 68.4 cm³/mol. The Morgan fingerprint density at radius 1 is 1.47 bits per heavy atom. The summed E-state index contributed by atoms with van der Waals surface area (Å²) in [7, 11) is 0. The van der Waals surface area contributed by atoms with E-state index >= 15 is 0 Å². The van der Waals surface area contributed by atoms with E-state index in [1.54, 1.807) is 6.20 Å². The van der Waals surface area contributed by atoms with Gasteiger partial charge in [-0.15, -0.1) is 0 Å². The zero-order chi connectivity index (χ0) is 13.3. The van der Waals surface area contributed by atoms with Gasteiger partial charge in [-0.05, 0) is 38.3 Å². The molecule has 100 valence electrons. The summed E-state index contributed by atoms with van der Waals surface area (Å²) in [5.74, 6) is 1.48. The number of hydrogen-bond acceptors (Lipinski definition) is 6. The topological polar surface area (TPSA) is 87.1 Å². The van der Waals surface area contributed by atoms with Crippen LogP contribution in [0.1, 0.15) is 32.0 Å². The maximum Gasteiger partial charge on any atom is 0.263 e. The molecule has 0 radical (unpaired) electrons. The lowest BCUT2D eigenvalue weighted by atomic mass is 9.77. The first-order valence-corrected chi connectivity index (χ1v) is 6.44. The van der Waals surface area contributed by atoms with Crippen molar-refractivity contribution >= 4 is 0 Å². The fourth-order valence-corrected chi connectivity index (χ4v) is 2.12. The highest BCUT2D eigenvalue weighted by Gasteiger charge is 2.39. The van der Waals surface area contributed by atoms with E-state index in [-0.39, 0.29) is 0 Å². The molecule has 0 aliphatic heterocycles. The Bertz CT molecular complexity index is 578. The molecule has 1 aliphatic carbocycles. The zero-order valence-corrected chi connectivity index (χ0v) is 10.8. The second kappa shape index (κ2) is 4.62. The molecule has 1 saturated carbocycles. The summed E-state index contributed by atoms with van der Waals surface area (Å²) in [5.41, 5.74) is 6.46. The molecule has 0 bridgehead atoms. The van der Waals surface area contributed by atoms with E-state index in [0.29, 0.717) is 29.8 Å². The van der Waals surface area contributed by atoms with Crippen LogP contribution in [0.5, 0.6) is 5.88 Å². The van der Waals surface area contributed by atoms with Gasteiger partial charge in [-0.1, -0.05) is 5.16 Å². The fraction of sp³-hybridized carbons (Fsp3) is 0.462. The van der Waals surface area contributed by atoms with Crippen molar-refractivity contribution in [2.24, 2.45) is 5.73 Å². The van der Waals surface area contributed by atoms with Gasteiger partial charge in [0.05, 0.1) is 12.1 Å². The van der Waals surface area contributed by atoms with Gasteiger partial charge in [-0.3, -0.25) is 0 Å². The smallest absolute Gasteiger partial charge is 0.263 e. The Morgan fingerprint density at radius 2 is 2.32 bits per heavy atom. The van der Waals surface area contributed by atoms with Crippen LogP contribution in [0, 0.1) is 0 Å². The molecule has 6 heteroatoms. The largest absolute Gasteiger partial charge is 0.477 e. The van der Waals surface area contributed by atoms with Crippen LogP contribution in [0.15, 0.2) is 22.9 Å². The molecular formula is C13H16N4O2. The van der Waals surface area contributed by atoms with Crippen molar-refractivity contribution in [2.75, 3.05) is 6.61 Å². The Balaban J connectivity index is 1.94. The van der Waals surface area contributed by atoms with Crippen LogP contribution in [0.4, 0.5) is 0 Å². The Morgan fingerprint density at radius 3 is 3.00 bits per heavy atom. The molecule has 19 heavy (non-hydrogen) atoms. The minimum absolute atomic E-state index is 0.406. The van der Waals surface area contributed by atoms with Crippen molar-refractivity contribution in [3.05, 3.63) is 24.2 Å². The third-order valence-corrected chi connectivity index (χ3v) is 3.40. The molecule has 1 aliphatic rings. The van der Waals surface area contributed by atoms with Crippen molar-refractivity contribution in [3.8, 4) is 17.3 Å². The first-order chi connectivity index (χ1) is 9.23. The number of nitrogens with two attached hydrogens (primary N) is 1. The van der Waals surface area contributed by atoms with Crippen LogP contribution < -0.4 is 10.5 Å². The molecule has 0 atom stereocenters. The van der Waals surface area contributed by atoms with E-state index in [9.17, 15) is 0 Å². The molecule has 2 aromatic rings. The summed E-state index contributed by atoms with van der Waals surface area (Å²) < 4.78 is 10.8. The number of hydrogen-bond donors (Lipinski definition) is 1. The molecule has 1 fully saturated rings. The second-order valence-electron chi connectivity index (χ2n) is 4.72. The zero-order valence-electron chi connectivity index (χ0n) is 10.8. The quantitative estimate of drug-likeness (QED) is 0.903. The van der Waals surface area contributed by atoms with Crippen molar-refractivity contribution in [1.82, 2.24) is 15.1 Å². The maximum atomic E-state index is 6.18. The van der Waals surface area contributed by atoms with Gasteiger partial charge in [0.25, 0.3) is 5.89 Å². The molecular weight excluding hydrogens is 244 g/mol. The highest BCUT2D eigenvalue weighted by Crippen LogP contribution is 2.38. The van der Waals surface area contributed by atoms with Gasteiger partial charge in [0.2, 0.25) is 5.88 Å². The second-order valence-corrected chi connectivity index (χ2v) is 4.72. The number of aromatic nitrogens is 3. The van der Waals surface area contributed by atoms with E-state index in [0.717, 1.165) is 19.3 Å². The molecule has 0 aromatic carbocycles. The molecule has 6 nitrogen and oxygen atoms in total. The Labute approximate surface area is 111 Å². The van der Waals surface area contributed by atoms with Gasteiger partial charge in [0, 0.05) is 6.20 Å². The lowest BCUT2D eigenvalue weighted by Gasteiger charge is -2.34. The molecule has 0 unspecified atom stereocenters. The first-order valence-electron chi connectivity index (χ1n) is 6.44. The van der Waals surface area contributed by atoms with E-state index in [4.69, 9.17) is 15.0 Å². The molecule has 0 saturated heterocycles. The van der Waals surface area contributed by atoms with E-state index in [1.807, 2.05) is 19.1 Å². The summed E-state index contributed by atoms with van der Waals surface area (Å²) in [6.45, 7) is 2.44. The molecule has 2 heterocycles. The van der Waals surface area contributed by atoms with Gasteiger partial charge in [-0.2, -0.15) is 4.98 Å². The highest BCUT2D eigenvalue weighted by atomic mass is 16.5. The van der Waals surface area contributed by atoms with Gasteiger partial charge in [0.15, 0.2) is 5.82 Å². The number of pyridine rings is 1.